The molecule has 4 aromatic rings. The lowest BCUT2D eigenvalue weighted by Gasteiger charge is -2.43. The van der Waals surface area contributed by atoms with Gasteiger partial charge in [0.25, 0.3) is 0 Å². The molecule has 1 aliphatic carbocycles. The first-order valence-corrected chi connectivity index (χ1v) is 12.2. The first-order valence-electron chi connectivity index (χ1n) is 12.2. The standard InChI is InChI=1S/C30H27N3O2/c1-19-8-7-13-24(20-9-3-2-4-10-20)28(19)21-14-15-25-26(16-21)32-30(35)33(29(25)34)27-18-31-17-22-11-5-6-12-23(22)27/h2-13,17-18,21,25-26H,14-16H2,1H3,(H,32,35). The van der Waals surface area contributed by atoms with Gasteiger partial charge in [-0.15, -0.1) is 0 Å². The van der Waals surface area contributed by atoms with E-state index in [4.69, 9.17) is 0 Å². The second-order valence-electron chi connectivity index (χ2n) is 9.63. The number of hydrogen-bond acceptors (Lipinski definition) is 3. The molecule has 2 heterocycles. The van der Waals surface area contributed by atoms with Gasteiger partial charge in [0.1, 0.15) is 0 Å². The lowest BCUT2D eigenvalue weighted by atomic mass is 9.72. The summed E-state index contributed by atoms with van der Waals surface area (Å²) in [5.74, 6) is -0.0675. The number of carbonyl (C=O) groups is 2. The molecule has 1 aromatic heterocycles. The third-order valence-electron chi connectivity index (χ3n) is 7.61. The molecule has 3 atom stereocenters. The summed E-state index contributed by atoms with van der Waals surface area (Å²) in [6.07, 6.45) is 5.78. The summed E-state index contributed by atoms with van der Waals surface area (Å²) in [4.78, 5) is 32.5. The van der Waals surface area contributed by atoms with Crippen LogP contribution >= 0.6 is 0 Å². The molecule has 174 valence electrons. The molecule has 5 nitrogen and oxygen atoms in total. The molecule has 1 aliphatic heterocycles. The highest BCUT2D eigenvalue weighted by Gasteiger charge is 2.45. The largest absolute Gasteiger partial charge is 0.334 e. The third kappa shape index (κ3) is 3.68. The first kappa shape index (κ1) is 21.5. The number of aromatic nitrogens is 1. The monoisotopic (exact) mass is 461 g/mol. The van der Waals surface area contributed by atoms with Gasteiger partial charge in [0.05, 0.1) is 17.8 Å². The minimum absolute atomic E-state index is 0.122. The number of carbonyl (C=O) groups excluding carboxylic acids is 2. The second kappa shape index (κ2) is 8.66. The van der Waals surface area contributed by atoms with Crippen molar-refractivity contribution in [3.8, 4) is 11.1 Å². The zero-order valence-corrected chi connectivity index (χ0v) is 19.6. The van der Waals surface area contributed by atoms with Crippen molar-refractivity contribution >= 4 is 28.4 Å². The van der Waals surface area contributed by atoms with E-state index in [-0.39, 0.29) is 29.8 Å². The summed E-state index contributed by atoms with van der Waals surface area (Å²) in [6, 6.07) is 24.1. The van der Waals surface area contributed by atoms with E-state index < -0.39 is 0 Å². The molecular weight excluding hydrogens is 434 g/mol. The Morgan fingerprint density at radius 2 is 1.69 bits per heavy atom. The predicted octanol–water partition coefficient (Wildman–Crippen LogP) is 6.22. The number of amides is 3. The number of nitrogens with zero attached hydrogens (tertiary/aromatic N) is 2. The number of hydrogen-bond donors (Lipinski definition) is 1. The van der Waals surface area contributed by atoms with Crippen molar-refractivity contribution in [2.45, 2.75) is 38.1 Å². The highest BCUT2D eigenvalue weighted by molar-refractivity contribution is 6.20. The molecule has 2 fully saturated rings. The summed E-state index contributed by atoms with van der Waals surface area (Å²) >= 11 is 0. The van der Waals surface area contributed by atoms with Gasteiger partial charge in [0.2, 0.25) is 5.91 Å². The van der Waals surface area contributed by atoms with Crippen LogP contribution < -0.4 is 10.2 Å². The maximum Gasteiger partial charge on any atom is 0.329 e. The Bertz CT molecular complexity index is 1430. The van der Waals surface area contributed by atoms with Crippen LogP contribution in [0.15, 0.2) is 85.2 Å². The van der Waals surface area contributed by atoms with Gasteiger partial charge in [-0.1, -0.05) is 72.8 Å². The van der Waals surface area contributed by atoms with E-state index >= 15 is 0 Å². The Morgan fingerprint density at radius 3 is 2.54 bits per heavy atom. The number of fused-ring (bicyclic) bond motifs is 2. The van der Waals surface area contributed by atoms with E-state index in [1.54, 1.807) is 12.4 Å². The molecule has 1 saturated heterocycles. The molecule has 1 N–H and O–H groups in total. The Hall–Kier alpha value is -3.99. The Labute approximate surface area is 204 Å². The van der Waals surface area contributed by atoms with Crippen molar-refractivity contribution in [3.05, 3.63) is 96.3 Å². The van der Waals surface area contributed by atoms with Gasteiger partial charge < -0.3 is 5.32 Å². The van der Waals surface area contributed by atoms with Crippen LogP contribution in [-0.4, -0.2) is 23.0 Å². The number of benzene rings is 3. The van der Waals surface area contributed by atoms with E-state index in [1.165, 1.54) is 27.2 Å². The molecule has 0 spiro atoms. The molecule has 5 heteroatoms. The summed E-state index contributed by atoms with van der Waals surface area (Å²) in [5.41, 5.74) is 5.58. The van der Waals surface area contributed by atoms with Crippen LogP contribution in [0.1, 0.15) is 36.3 Å². The Balaban J connectivity index is 1.31. The zero-order valence-electron chi connectivity index (χ0n) is 19.6. The van der Waals surface area contributed by atoms with Crippen LogP contribution in [0.25, 0.3) is 21.9 Å². The van der Waals surface area contributed by atoms with Crippen molar-refractivity contribution < 1.29 is 9.59 Å². The van der Waals surface area contributed by atoms with E-state index in [1.807, 2.05) is 30.3 Å². The molecule has 6 rings (SSSR count). The van der Waals surface area contributed by atoms with Gasteiger partial charge in [-0.25, -0.2) is 9.69 Å². The predicted molar refractivity (Wildman–Crippen MR) is 138 cm³/mol. The molecule has 3 amide bonds. The highest BCUT2D eigenvalue weighted by Crippen LogP contribution is 2.44. The first-order chi connectivity index (χ1) is 17.1. The third-order valence-corrected chi connectivity index (χ3v) is 7.61. The summed E-state index contributed by atoms with van der Waals surface area (Å²) in [5, 5.41) is 4.94. The van der Waals surface area contributed by atoms with Gasteiger partial charge in [-0.05, 0) is 54.4 Å². The van der Waals surface area contributed by atoms with Crippen molar-refractivity contribution in [1.29, 1.82) is 0 Å². The average molecular weight is 462 g/mol. The number of nitrogens with one attached hydrogen (secondary N) is 1. The minimum atomic E-state index is -0.358. The highest BCUT2D eigenvalue weighted by atomic mass is 16.2. The molecule has 35 heavy (non-hydrogen) atoms. The van der Waals surface area contributed by atoms with Gasteiger partial charge in [-0.2, -0.15) is 0 Å². The molecular formula is C30H27N3O2. The van der Waals surface area contributed by atoms with Gasteiger partial charge in [0.15, 0.2) is 0 Å². The number of urea groups is 1. The molecule has 0 bridgehead atoms. The number of aryl methyl sites for hydroxylation is 1. The Morgan fingerprint density at radius 1 is 0.886 bits per heavy atom. The zero-order chi connectivity index (χ0) is 23.9. The van der Waals surface area contributed by atoms with E-state index in [9.17, 15) is 9.59 Å². The molecule has 2 aliphatic rings. The molecule has 3 aromatic carbocycles. The van der Waals surface area contributed by atoms with Crippen LogP contribution in [-0.2, 0) is 4.79 Å². The summed E-state index contributed by atoms with van der Waals surface area (Å²) < 4.78 is 0. The fourth-order valence-electron chi connectivity index (χ4n) is 5.98. The van der Waals surface area contributed by atoms with Crippen molar-refractivity contribution in [1.82, 2.24) is 10.3 Å². The van der Waals surface area contributed by atoms with Crippen LogP contribution in [0.2, 0.25) is 0 Å². The molecule has 1 saturated carbocycles. The van der Waals surface area contributed by atoms with Crippen LogP contribution in [0.5, 0.6) is 0 Å². The molecule has 0 radical (unpaired) electrons. The maximum absolute atomic E-state index is 13.7. The lowest BCUT2D eigenvalue weighted by Crippen LogP contribution is -2.61. The number of imide groups is 1. The number of anilines is 1. The number of rotatable bonds is 3. The van der Waals surface area contributed by atoms with Gasteiger partial charge in [-0.3, -0.25) is 9.78 Å². The van der Waals surface area contributed by atoms with E-state index in [2.05, 4.69) is 59.7 Å². The number of pyridine rings is 1. The average Bonchev–Trinajstić information content (AvgIpc) is 2.89. The fraction of sp³-hybridized carbons (Fsp3) is 0.233. The van der Waals surface area contributed by atoms with Crippen LogP contribution in [0.3, 0.4) is 0 Å². The maximum atomic E-state index is 13.7. The summed E-state index contributed by atoms with van der Waals surface area (Å²) in [7, 11) is 0. The smallest absolute Gasteiger partial charge is 0.329 e. The van der Waals surface area contributed by atoms with E-state index in [0.29, 0.717) is 5.69 Å². The van der Waals surface area contributed by atoms with Gasteiger partial charge >= 0.3 is 6.03 Å². The SMILES string of the molecule is Cc1cccc(-c2ccccc2)c1C1CCC2C(=O)N(c3cncc4ccccc34)C(=O)NC2C1. The molecule has 3 unspecified atom stereocenters. The lowest BCUT2D eigenvalue weighted by molar-refractivity contribution is -0.124. The van der Waals surface area contributed by atoms with Gasteiger partial charge in [0, 0.05) is 23.0 Å². The topological polar surface area (TPSA) is 62.3 Å². The van der Waals surface area contributed by atoms with Crippen molar-refractivity contribution in [2.75, 3.05) is 4.90 Å². The summed E-state index contributed by atoms with van der Waals surface area (Å²) in [6.45, 7) is 2.16. The minimum Gasteiger partial charge on any atom is -0.334 e. The van der Waals surface area contributed by atoms with Crippen LogP contribution in [0.4, 0.5) is 10.5 Å². The van der Waals surface area contributed by atoms with Crippen molar-refractivity contribution in [3.63, 3.8) is 0 Å². The normalized spacial score (nSPS) is 22.1. The second-order valence-corrected chi connectivity index (χ2v) is 9.63. The van der Waals surface area contributed by atoms with Crippen LogP contribution in [0, 0.1) is 12.8 Å². The fourth-order valence-corrected chi connectivity index (χ4v) is 5.98. The van der Waals surface area contributed by atoms with Crippen molar-refractivity contribution in [2.24, 2.45) is 5.92 Å². The van der Waals surface area contributed by atoms with E-state index in [0.717, 1.165) is 30.0 Å². The Kier molecular flexibility index (Phi) is 5.33. The quantitative estimate of drug-likeness (QED) is 0.394.